The number of nitro groups is 1. The Morgan fingerprint density at radius 2 is 2.14 bits per heavy atom. The summed E-state index contributed by atoms with van der Waals surface area (Å²) >= 11 is 0. The first kappa shape index (κ1) is 15.6. The Kier molecular flexibility index (Phi) is 3.95. The molecule has 1 atom stereocenters. The molecule has 1 aliphatic heterocycles. The molecule has 0 radical (unpaired) electrons. The van der Waals surface area contributed by atoms with Crippen molar-refractivity contribution in [2.45, 2.75) is 6.04 Å². The number of aliphatic carboxylic acids is 1. The van der Waals surface area contributed by atoms with Crippen molar-refractivity contribution in [2.75, 3.05) is 6.26 Å². The smallest absolute Gasteiger partial charge is 0.335 e. The van der Waals surface area contributed by atoms with Crippen LogP contribution in [0.25, 0.3) is 0 Å². The van der Waals surface area contributed by atoms with Crippen LogP contribution in [0.3, 0.4) is 0 Å². The van der Waals surface area contributed by atoms with E-state index in [0.717, 1.165) is 29.2 Å². The molecule has 1 aromatic rings. The second-order valence-electron chi connectivity index (χ2n) is 4.50. The lowest BCUT2D eigenvalue weighted by Gasteiger charge is -2.30. The molecule has 0 fully saturated rings. The van der Waals surface area contributed by atoms with E-state index in [2.05, 4.69) is 4.99 Å². The molecule has 1 unspecified atom stereocenters. The third kappa shape index (κ3) is 2.96. The van der Waals surface area contributed by atoms with Gasteiger partial charge in [0.15, 0.2) is 0 Å². The number of carbonyl (C=O) groups is 1. The fourth-order valence-corrected chi connectivity index (χ4v) is 2.88. The van der Waals surface area contributed by atoms with Crippen molar-refractivity contribution < 1.29 is 23.2 Å². The number of rotatable bonds is 4. The van der Waals surface area contributed by atoms with Crippen LogP contribution in [0.1, 0.15) is 11.6 Å². The van der Waals surface area contributed by atoms with Gasteiger partial charge in [-0.15, -0.1) is 0 Å². The minimum atomic E-state index is -3.81. The SMILES string of the molecule is CS(=O)(=O)N1C=NC=C(C(=O)O)C1c1cccc([N+](=O)[O-])c1. The molecule has 22 heavy (non-hydrogen) atoms. The molecule has 10 heteroatoms. The molecule has 1 aromatic carbocycles. The number of aliphatic imine (C=N–C) groups is 1. The van der Waals surface area contributed by atoms with Crippen LogP contribution in [0.15, 0.2) is 41.0 Å². The van der Waals surface area contributed by atoms with Gasteiger partial charge in [0.05, 0.1) is 16.8 Å². The zero-order valence-electron chi connectivity index (χ0n) is 11.3. The number of nitrogens with zero attached hydrogens (tertiary/aromatic N) is 3. The van der Waals surface area contributed by atoms with Crippen molar-refractivity contribution in [1.82, 2.24) is 4.31 Å². The van der Waals surface area contributed by atoms with E-state index in [1.165, 1.54) is 18.2 Å². The van der Waals surface area contributed by atoms with Crippen molar-refractivity contribution >= 4 is 28.0 Å². The van der Waals surface area contributed by atoms with Gasteiger partial charge in [-0.05, 0) is 5.56 Å². The number of carboxylic acid groups (broad SMARTS) is 1. The molecule has 0 saturated heterocycles. The van der Waals surface area contributed by atoms with Crippen molar-refractivity contribution in [2.24, 2.45) is 4.99 Å². The zero-order valence-corrected chi connectivity index (χ0v) is 12.1. The first-order chi connectivity index (χ1) is 10.2. The number of carboxylic acids is 1. The molecule has 0 aliphatic carbocycles. The first-order valence-corrected chi connectivity index (χ1v) is 7.76. The Morgan fingerprint density at radius 1 is 1.45 bits per heavy atom. The number of benzene rings is 1. The molecule has 0 amide bonds. The van der Waals surface area contributed by atoms with Crippen molar-refractivity contribution in [3.8, 4) is 0 Å². The lowest BCUT2D eigenvalue weighted by Crippen LogP contribution is -2.37. The van der Waals surface area contributed by atoms with E-state index >= 15 is 0 Å². The monoisotopic (exact) mass is 325 g/mol. The summed E-state index contributed by atoms with van der Waals surface area (Å²) < 4.78 is 24.4. The van der Waals surface area contributed by atoms with Gasteiger partial charge in [0.25, 0.3) is 5.69 Å². The average Bonchev–Trinajstić information content (AvgIpc) is 2.45. The molecular formula is C12H11N3O6S. The molecule has 9 nitrogen and oxygen atoms in total. The summed E-state index contributed by atoms with van der Waals surface area (Å²) in [5.74, 6) is -1.36. The second kappa shape index (κ2) is 5.56. The van der Waals surface area contributed by atoms with Crippen LogP contribution in [0.4, 0.5) is 5.69 Å². The second-order valence-corrected chi connectivity index (χ2v) is 6.39. The number of non-ortho nitro benzene ring substituents is 1. The summed E-state index contributed by atoms with van der Waals surface area (Å²) in [6.45, 7) is 0. The standard InChI is InChI=1S/C12H11N3O6S/c1-22(20,21)14-7-13-6-10(12(16)17)11(14)8-3-2-4-9(5-8)15(18)19/h2-7,11H,1H3,(H,16,17). The third-order valence-corrected chi connectivity index (χ3v) is 4.04. The molecule has 1 N–H and O–H groups in total. The summed E-state index contributed by atoms with van der Waals surface area (Å²) in [6, 6.07) is 3.93. The van der Waals surface area contributed by atoms with Crippen LogP contribution in [0.5, 0.6) is 0 Å². The number of nitro benzene ring substituents is 1. The van der Waals surface area contributed by atoms with Gasteiger partial charge in [-0.25, -0.2) is 22.5 Å². The highest BCUT2D eigenvalue weighted by Gasteiger charge is 2.35. The van der Waals surface area contributed by atoms with E-state index in [0.29, 0.717) is 0 Å². The van der Waals surface area contributed by atoms with Gasteiger partial charge < -0.3 is 5.11 Å². The number of sulfonamides is 1. The molecule has 0 aromatic heterocycles. The maximum atomic E-state index is 11.8. The van der Waals surface area contributed by atoms with Crippen LogP contribution < -0.4 is 0 Å². The Labute approximate surface area is 125 Å². The van der Waals surface area contributed by atoms with Crippen molar-refractivity contribution in [1.29, 1.82) is 0 Å². The summed E-state index contributed by atoms with van der Waals surface area (Å²) in [6.07, 6.45) is 2.90. The first-order valence-electron chi connectivity index (χ1n) is 5.91. The Morgan fingerprint density at radius 3 is 2.68 bits per heavy atom. The largest absolute Gasteiger partial charge is 0.478 e. The molecule has 1 heterocycles. The van der Waals surface area contributed by atoms with Gasteiger partial charge in [0.1, 0.15) is 12.4 Å². The normalized spacial score (nSPS) is 18.0. The average molecular weight is 325 g/mol. The van der Waals surface area contributed by atoms with Crippen molar-refractivity contribution in [3.63, 3.8) is 0 Å². The predicted octanol–water partition coefficient (Wildman–Crippen LogP) is 0.908. The minimum absolute atomic E-state index is 0.166. The topological polar surface area (TPSA) is 130 Å². The van der Waals surface area contributed by atoms with Crippen LogP contribution in [-0.4, -0.2) is 41.3 Å². The van der Waals surface area contributed by atoms with Crippen LogP contribution >= 0.6 is 0 Å². The lowest BCUT2D eigenvalue weighted by molar-refractivity contribution is -0.384. The van der Waals surface area contributed by atoms with Gasteiger partial charge in [0, 0.05) is 18.3 Å². The fraction of sp³-hybridized carbons (Fsp3) is 0.167. The van der Waals surface area contributed by atoms with Gasteiger partial charge in [-0.2, -0.15) is 0 Å². The summed E-state index contributed by atoms with van der Waals surface area (Å²) in [5.41, 5.74) is -0.397. The summed E-state index contributed by atoms with van der Waals surface area (Å²) in [4.78, 5) is 25.1. The third-order valence-electron chi connectivity index (χ3n) is 2.97. The highest BCUT2D eigenvalue weighted by Crippen LogP contribution is 2.33. The maximum Gasteiger partial charge on any atom is 0.335 e. The molecule has 116 valence electrons. The van der Waals surface area contributed by atoms with Crippen molar-refractivity contribution in [3.05, 3.63) is 51.7 Å². The molecule has 2 rings (SSSR count). The van der Waals surface area contributed by atoms with Gasteiger partial charge in [-0.3, -0.25) is 10.1 Å². The Bertz CT molecular complexity index is 799. The molecule has 0 saturated carbocycles. The number of hydrogen-bond acceptors (Lipinski definition) is 6. The van der Waals surface area contributed by atoms with E-state index in [1.54, 1.807) is 0 Å². The van der Waals surface area contributed by atoms with Gasteiger partial charge in [0.2, 0.25) is 10.0 Å². The van der Waals surface area contributed by atoms with Gasteiger partial charge in [-0.1, -0.05) is 12.1 Å². The lowest BCUT2D eigenvalue weighted by atomic mass is 9.98. The van der Waals surface area contributed by atoms with E-state index < -0.39 is 27.0 Å². The van der Waals surface area contributed by atoms with Crippen LogP contribution in [-0.2, 0) is 14.8 Å². The van der Waals surface area contributed by atoms with E-state index in [9.17, 15) is 28.4 Å². The number of hydrogen-bond donors (Lipinski definition) is 1. The summed E-state index contributed by atoms with van der Waals surface area (Å²) in [7, 11) is -3.81. The van der Waals surface area contributed by atoms with Crippen LogP contribution in [0.2, 0.25) is 0 Å². The highest BCUT2D eigenvalue weighted by molar-refractivity contribution is 7.88. The molecular weight excluding hydrogens is 314 g/mol. The molecule has 0 bridgehead atoms. The zero-order chi connectivity index (χ0) is 16.5. The van der Waals surface area contributed by atoms with E-state index in [4.69, 9.17) is 0 Å². The fourth-order valence-electron chi connectivity index (χ4n) is 2.04. The molecule has 1 aliphatic rings. The quantitative estimate of drug-likeness (QED) is 0.646. The molecule has 0 spiro atoms. The van der Waals surface area contributed by atoms with Gasteiger partial charge >= 0.3 is 5.97 Å². The summed E-state index contributed by atoms with van der Waals surface area (Å²) in [5, 5.41) is 20.1. The highest BCUT2D eigenvalue weighted by atomic mass is 32.2. The van der Waals surface area contributed by atoms with E-state index in [-0.39, 0.29) is 16.8 Å². The van der Waals surface area contributed by atoms with Crippen LogP contribution in [0, 0.1) is 10.1 Å². The maximum absolute atomic E-state index is 11.8. The minimum Gasteiger partial charge on any atom is -0.478 e. The van der Waals surface area contributed by atoms with E-state index in [1.807, 2.05) is 0 Å². The Hall–Kier alpha value is -2.75. The Balaban J connectivity index is 2.62. The predicted molar refractivity (Wildman–Crippen MR) is 76.7 cm³/mol.